The molecule has 1 aliphatic heterocycles. The fourth-order valence-corrected chi connectivity index (χ4v) is 5.57. The number of nitrogens with one attached hydrogen (secondary N) is 1. The van der Waals surface area contributed by atoms with Crippen molar-refractivity contribution in [3.8, 4) is 0 Å². The van der Waals surface area contributed by atoms with Crippen LogP contribution in [-0.4, -0.2) is 54.5 Å². The first-order chi connectivity index (χ1) is 15.6. The van der Waals surface area contributed by atoms with Gasteiger partial charge < -0.3 is 10.2 Å². The Hall–Kier alpha value is -2.62. The van der Waals surface area contributed by atoms with Gasteiger partial charge in [-0.05, 0) is 43.7 Å². The van der Waals surface area contributed by atoms with Crippen LogP contribution in [0.4, 0.5) is 0 Å². The van der Waals surface area contributed by atoms with E-state index < -0.39 is 27.9 Å². The van der Waals surface area contributed by atoms with Gasteiger partial charge in [-0.2, -0.15) is 0 Å². The summed E-state index contributed by atoms with van der Waals surface area (Å²) in [5.41, 5.74) is 0.647. The number of fused-ring (bicyclic) bond motifs is 1. The Kier molecular flexibility index (Phi) is 7.66. The molecular formula is C22H23Cl2N3O5S. The van der Waals surface area contributed by atoms with Gasteiger partial charge in [0.1, 0.15) is 10.9 Å². The zero-order valence-corrected chi connectivity index (χ0v) is 20.4. The molecule has 1 heterocycles. The number of sulfonamides is 1. The molecule has 0 bridgehead atoms. The number of carbonyl (C=O) groups excluding carboxylic acids is 3. The largest absolute Gasteiger partial charge is 0.355 e. The van der Waals surface area contributed by atoms with Crippen LogP contribution < -0.4 is 5.32 Å². The number of rotatable bonds is 8. The van der Waals surface area contributed by atoms with Gasteiger partial charge >= 0.3 is 0 Å². The average Bonchev–Trinajstić information content (AvgIpc) is 2.96. The lowest BCUT2D eigenvalue weighted by Gasteiger charge is -2.29. The summed E-state index contributed by atoms with van der Waals surface area (Å²) in [5.74, 6) is -1.55. The van der Waals surface area contributed by atoms with E-state index in [4.69, 9.17) is 23.2 Å². The van der Waals surface area contributed by atoms with E-state index in [1.165, 1.54) is 29.2 Å². The van der Waals surface area contributed by atoms with Gasteiger partial charge in [-0.1, -0.05) is 41.4 Å². The summed E-state index contributed by atoms with van der Waals surface area (Å²) in [6.07, 6.45) is -0.298. The van der Waals surface area contributed by atoms with Crippen LogP contribution in [0.15, 0.2) is 47.4 Å². The molecule has 0 aromatic heterocycles. The molecule has 1 aliphatic rings. The summed E-state index contributed by atoms with van der Waals surface area (Å²) in [6.45, 7) is 3.37. The second-order valence-electron chi connectivity index (χ2n) is 7.46. The zero-order chi connectivity index (χ0) is 24.3. The third kappa shape index (κ3) is 5.15. The van der Waals surface area contributed by atoms with Crippen LogP contribution in [0, 0.1) is 0 Å². The maximum atomic E-state index is 13.2. The van der Waals surface area contributed by atoms with E-state index >= 15 is 0 Å². The molecule has 3 rings (SSSR count). The molecule has 0 saturated carbocycles. The highest BCUT2D eigenvalue weighted by Crippen LogP contribution is 2.30. The van der Waals surface area contributed by atoms with Gasteiger partial charge in [0.05, 0.1) is 5.56 Å². The van der Waals surface area contributed by atoms with Crippen LogP contribution in [0.3, 0.4) is 0 Å². The standard InChI is InChI=1S/C22H23Cl2N3O5S/c1-3-25-21(29)14(2)26(13-15-8-9-16(23)12-18(15)24)20(28)10-11-27-22(30)17-6-4-5-7-19(17)33(27,31)32/h4-9,12,14H,3,10-11,13H2,1-2H3,(H,25,29). The number of carbonyl (C=O) groups is 3. The number of hydrogen-bond donors (Lipinski definition) is 1. The Balaban J connectivity index is 1.81. The Labute approximate surface area is 202 Å². The monoisotopic (exact) mass is 511 g/mol. The molecule has 2 aromatic rings. The first kappa shape index (κ1) is 25.0. The molecule has 3 amide bonds. The molecule has 1 unspecified atom stereocenters. The molecular weight excluding hydrogens is 489 g/mol. The highest BCUT2D eigenvalue weighted by atomic mass is 35.5. The van der Waals surface area contributed by atoms with Crippen LogP contribution in [0.5, 0.6) is 0 Å². The van der Waals surface area contributed by atoms with Gasteiger partial charge in [-0.3, -0.25) is 14.4 Å². The van der Waals surface area contributed by atoms with Gasteiger partial charge in [-0.25, -0.2) is 12.7 Å². The van der Waals surface area contributed by atoms with Crippen molar-refractivity contribution in [1.29, 1.82) is 0 Å². The fourth-order valence-electron chi connectivity index (χ4n) is 3.53. The summed E-state index contributed by atoms with van der Waals surface area (Å²) in [5, 5.41) is 3.43. The van der Waals surface area contributed by atoms with Crippen LogP contribution in [-0.2, 0) is 26.2 Å². The Bertz CT molecular complexity index is 1200. The summed E-state index contributed by atoms with van der Waals surface area (Å²) in [6, 6.07) is 9.85. The maximum Gasteiger partial charge on any atom is 0.269 e. The van der Waals surface area contributed by atoms with E-state index in [-0.39, 0.29) is 35.9 Å². The van der Waals surface area contributed by atoms with Gasteiger partial charge in [0.25, 0.3) is 15.9 Å². The van der Waals surface area contributed by atoms with Crippen molar-refractivity contribution in [1.82, 2.24) is 14.5 Å². The smallest absolute Gasteiger partial charge is 0.269 e. The van der Waals surface area contributed by atoms with E-state index in [0.717, 1.165) is 0 Å². The first-order valence-corrected chi connectivity index (χ1v) is 12.4. The number of hydrogen-bond acceptors (Lipinski definition) is 5. The number of benzene rings is 2. The summed E-state index contributed by atoms with van der Waals surface area (Å²) in [4.78, 5) is 39.5. The molecule has 0 spiro atoms. The van der Waals surface area contributed by atoms with Crippen LogP contribution in [0.2, 0.25) is 10.0 Å². The lowest BCUT2D eigenvalue weighted by Crippen LogP contribution is -2.48. The van der Waals surface area contributed by atoms with Crippen molar-refractivity contribution in [2.75, 3.05) is 13.1 Å². The summed E-state index contributed by atoms with van der Waals surface area (Å²) in [7, 11) is -4.03. The number of nitrogens with zero attached hydrogens (tertiary/aromatic N) is 2. The molecule has 1 atom stereocenters. The van der Waals surface area contributed by atoms with Crippen molar-refractivity contribution in [2.24, 2.45) is 0 Å². The van der Waals surface area contributed by atoms with Gasteiger partial charge in [0, 0.05) is 36.1 Å². The van der Waals surface area contributed by atoms with E-state index in [1.54, 1.807) is 32.0 Å². The molecule has 176 valence electrons. The first-order valence-electron chi connectivity index (χ1n) is 10.2. The normalized spacial score (nSPS) is 15.2. The molecule has 0 aliphatic carbocycles. The molecule has 2 aromatic carbocycles. The zero-order valence-electron chi connectivity index (χ0n) is 18.0. The third-order valence-electron chi connectivity index (χ3n) is 5.31. The predicted octanol–water partition coefficient (Wildman–Crippen LogP) is 3.08. The second-order valence-corrected chi connectivity index (χ2v) is 10.1. The molecule has 8 nitrogen and oxygen atoms in total. The fraction of sp³-hybridized carbons (Fsp3) is 0.318. The minimum Gasteiger partial charge on any atom is -0.355 e. The molecule has 33 heavy (non-hydrogen) atoms. The van der Waals surface area contributed by atoms with Crippen molar-refractivity contribution in [2.45, 2.75) is 37.8 Å². The summed E-state index contributed by atoms with van der Waals surface area (Å²) >= 11 is 12.2. The quantitative estimate of drug-likeness (QED) is 0.586. The van der Waals surface area contributed by atoms with Crippen LogP contribution in [0.1, 0.15) is 36.2 Å². The lowest BCUT2D eigenvalue weighted by atomic mass is 10.1. The Morgan fingerprint density at radius 3 is 2.48 bits per heavy atom. The highest BCUT2D eigenvalue weighted by Gasteiger charge is 2.41. The maximum absolute atomic E-state index is 13.2. The van der Waals surface area contributed by atoms with Crippen molar-refractivity contribution in [3.05, 3.63) is 63.6 Å². The van der Waals surface area contributed by atoms with Crippen molar-refractivity contribution >= 4 is 50.9 Å². The van der Waals surface area contributed by atoms with Gasteiger partial charge in [0.15, 0.2) is 0 Å². The highest BCUT2D eigenvalue weighted by molar-refractivity contribution is 7.90. The van der Waals surface area contributed by atoms with E-state index in [9.17, 15) is 22.8 Å². The molecule has 0 radical (unpaired) electrons. The number of amides is 3. The lowest BCUT2D eigenvalue weighted by molar-refractivity contribution is -0.140. The van der Waals surface area contributed by atoms with Crippen molar-refractivity contribution in [3.63, 3.8) is 0 Å². The minimum atomic E-state index is -4.03. The van der Waals surface area contributed by atoms with Crippen molar-refractivity contribution < 1.29 is 22.8 Å². The number of likely N-dealkylation sites (N-methyl/N-ethyl adjacent to an activating group) is 1. The van der Waals surface area contributed by atoms with Gasteiger partial charge in [0.2, 0.25) is 11.8 Å². The summed E-state index contributed by atoms with van der Waals surface area (Å²) < 4.78 is 26.2. The second kappa shape index (κ2) is 10.1. The molecule has 0 saturated heterocycles. The predicted molar refractivity (Wildman–Crippen MR) is 124 cm³/mol. The molecule has 0 fully saturated rings. The van der Waals surface area contributed by atoms with E-state index in [0.29, 0.717) is 26.5 Å². The van der Waals surface area contributed by atoms with Gasteiger partial charge in [-0.15, -0.1) is 0 Å². The Morgan fingerprint density at radius 1 is 1.15 bits per heavy atom. The number of halogens is 2. The Morgan fingerprint density at radius 2 is 1.85 bits per heavy atom. The van der Waals surface area contributed by atoms with Crippen LogP contribution in [0.25, 0.3) is 0 Å². The molecule has 1 N–H and O–H groups in total. The van der Waals surface area contributed by atoms with E-state index in [2.05, 4.69) is 5.32 Å². The SMILES string of the molecule is CCNC(=O)C(C)N(Cc1ccc(Cl)cc1Cl)C(=O)CCN1C(=O)c2ccccc2S1(=O)=O. The molecule has 11 heteroatoms. The average molecular weight is 512 g/mol. The minimum absolute atomic E-state index is 0.00799. The van der Waals surface area contributed by atoms with Crippen LogP contribution >= 0.6 is 23.2 Å². The topological polar surface area (TPSA) is 104 Å². The van der Waals surface area contributed by atoms with E-state index in [1.807, 2.05) is 0 Å². The third-order valence-corrected chi connectivity index (χ3v) is 7.74.